The number of nitrogens with one attached hydrogen (secondary N) is 3. The molecule has 2 aliphatic heterocycles. The third-order valence-electron chi connectivity index (χ3n) is 9.13. The maximum Gasteiger partial charge on any atom is 0.323 e. The second-order valence-corrected chi connectivity index (χ2v) is 12.5. The Hall–Kier alpha value is -4.55. The molecule has 3 N–H and O–H groups in total. The third kappa shape index (κ3) is 7.29. The molecule has 3 heterocycles. The number of ether oxygens (including phenoxy) is 1. The first-order chi connectivity index (χ1) is 22.2. The average molecular weight is 630 g/mol. The minimum atomic E-state index is -1.23. The van der Waals surface area contributed by atoms with Crippen LogP contribution < -0.4 is 20.7 Å². The molecular formula is C34H40FN7O4. The molecule has 11 nitrogen and oxygen atoms in total. The molecule has 0 unspecified atom stereocenters. The number of hydrogen-bond donors (Lipinski definition) is 3. The van der Waals surface area contributed by atoms with Gasteiger partial charge in [0.2, 0.25) is 11.8 Å². The van der Waals surface area contributed by atoms with E-state index in [1.807, 2.05) is 24.0 Å². The molecule has 2 saturated heterocycles. The first-order valence-corrected chi connectivity index (χ1v) is 15.8. The monoisotopic (exact) mass is 629 g/mol. The van der Waals surface area contributed by atoms with E-state index in [-0.39, 0.29) is 17.5 Å². The summed E-state index contributed by atoms with van der Waals surface area (Å²) >= 11 is 0. The van der Waals surface area contributed by atoms with Gasteiger partial charge in [0.25, 0.3) is 0 Å². The number of benzene rings is 2. The number of carbonyl (C=O) groups excluding carboxylic acids is 3. The molecule has 0 spiro atoms. The number of hydrogen-bond acceptors (Lipinski definition) is 7. The maximum absolute atomic E-state index is 15.1. The summed E-state index contributed by atoms with van der Waals surface area (Å²) in [6, 6.07) is 14.8. The zero-order chi connectivity index (χ0) is 32.3. The minimum absolute atomic E-state index is 0.0502. The highest BCUT2D eigenvalue weighted by Crippen LogP contribution is 2.47. The highest BCUT2D eigenvalue weighted by Gasteiger charge is 2.56. The molecule has 0 radical (unpaired) electrons. The van der Waals surface area contributed by atoms with Gasteiger partial charge < -0.3 is 25.2 Å². The van der Waals surface area contributed by atoms with Gasteiger partial charge in [-0.1, -0.05) is 17.7 Å². The van der Waals surface area contributed by atoms with Crippen molar-refractivity contribution in [3.63, 3.8) is 0 Å². The number of likely N-dealkylation sites (N-methyl/N-ethyl adjacent to an activating group) is 1. The van der Waals surface area contributed by atoms with Crippen molar-refractivity contribution >= 4 is 35.0 Å². The van der Waals surface area contributed by atoms with E-state index in [2.05, 4.69) is 37.8 Å². The number of nitrogens with zero attached hydrogens (tertiary/aromatic N) is 4. The molecule has 3 fully saturated rings. The number of pyridine rings is 1. The van der Waals surface area contributed by atoms with Gasteiger partial charge >= 0.3 is 6.03 Å². The standard InChI is InChI=1S/C34H40FN7O4/c1-23-3-5-24(6-4-23)37-31(43)34(12-13-34)32(44)38-29-8-7-26(21-28(29)35)46-27-9-14-36-30(22-27)39-33(45)42-15-10-25(11-16-42)41-19-17-40(2)18-20-41/h3-9,14,21-22,25H,10-13,15-20H2,1-2H3,(H,37,43)(H,38,44)(H,36,39,45). The normalized spacial score (nSPS) is 18.5. The van der Waals surface area contributed by atoms with E-state index < -0.39 is 23.0 Å². The lowest BCUT2D eigenvalue weighted by molar-refractivity contribution is -0.131. The number of amides is 4. The van der Waals surface area contributed by atoms with Crippen LogP contribution in [0.3, 0.4) is 0 Å². The predicted molar refractivity (Wildman–Crippen MR) is 174 cm³/mol. The van der Waals surface area contributed by atoms with E-state index in [1.165, 1.54) is 18.3 Å². The van der Waals surface area contributed by atoms with Gasteiger partial charge in [0.1, 0.15) is 28.5 Å². The van der Waals surface area contributed by atoms with Crippen LogP contribution in [0.1, 0.15) is 31.2 Å². The van der Waals surface area contributed by atoms with Gasteiger partial charge in [-0.2, -0.15) is 0 Å². The molecule has 1 aliphatic carbocycles. The van der Waals surface area contributed by atoms with Gasteiger partial charge in [0, 0.05) is 69.3 Å². The summed E-state index contributed by atoms with van der Waals surface area (Å²) < 4.78 is 20.9. The first-order valence-electron chi connectivity index (χ1n) is 15.8. The SMILES string of the molecule is Cc1ccc(NC(=O)C2(C(=O)Nc3ccc(Oc4ccnc(NC(=O)N5CCC(N6CCN(C)CC6)CC5)c4)cc3F)CC2)cc1. The van der Waals surface area contributed by atoms with Crippen LogP contribution in [0.4, 0.5) is 26.4 Å². The summed E-state index contributed by atoms with van der Waals surface area (Å²) in [5.41, 5.74) is 0.372. The van der Waals surface area contributed by atoms with Crippen LogP contribution in [-0.2, 0) is 9.59 Å². The Kier molecular flexibility index (Phi) is 9.18. The molecule has 4 amide bonds. The molecule has 1 saturated carbocycles. The lowest BCUT2D eigenvalue weighted by Crippen LogP contribution is -2.53. The van der Waals surface area contributed by atoms with E-state index in [9.17, 15) is 14.4 Å². The van der Waals surface area contributed by atoms with Crippen molar-refractivity contribution in [1.82, 2.24) is 19.7 Å². The number of aromatic nitrogens is 1. The van der Waals surface area contributed by atoms with Crippen LogP contribution in [0.15, 0.2) is 60.8 Å². The highest BCUT2D eigenvalue weighted by atomic mass is 19.1. The van der Waals surface area contributed by atoms with Crippen molar-refractivity contribution in [3.8, 4) is 11.5 Å². The molecule has 1 aromatic heterocycles. The molecule has 0 bridgehead atoms. The van der Waals surface area contributed by atoms with Crippen LogP contribution in [0.5, 0.6) is 11.5 Å². The van der Waals surface area contributed by atoms with E-state index >= 15 is 4.39 Å². The Morgan fingerprint density at radius 3 is 2.20 bits per heavy atom. The van der Waals surface area contributed by atoms with Crippen molar-refractivity contribution in [2.75, 3.05) is 62.3 Å². The summed E-state index contributed by atoms with van der Waals surface area (Å²) in [5, 5.41) is 8.20. The number of likely N-dealkylation sites (tertiary alicyclic amines) is 1. The van der Waals surface area contributed by atoms with Crippen LogP contribution in [0, 0.1) is 18.2 Å². The molecule has 3 aromatic rings. The van der Waals surface area contributed by atoms with Crippen LogP contribution in [0.25, 0.3) is 0 Å². The third-order valence-corrected chi connectivity index (χ3v) is 9.13. The van der Waals surface area contributed by atoms with E-state index in [0.29, 0.717) is 49.2 Å². The van der Waals surface area contributed by atoms with Crippen LogP contribution in [-0.4, -0.2) is 89.9 Å². The second-order valence-electron chi connectivity index (χ2n) is 12.5. The fourth-order valence-electron chi connectivity index (χ4n) is 5.96. The van der Waals surface area contributed by atoms with Crippen LogP contribution in [0.2, 0.25) is 0 Å². The van der Waals surface area contributed by atoms with Gasteiger partial charge in [-0.3, -0.25) is 19.8 Å². The number of piperidine rings is 1. The average Bonchev–Trinajstić information content (AvgIpc) is 3.87. The number of rotatable bonds is 8. The highest BCUT2D eigenvalue weighted by molar-refractivity contribution is 6.17. The molecular weight excluding hydrogens is 589 g/mol. The van der Waals surface area contributed by atoms with Gasteiger partial charge in [0.15, 0.2) is 0 Å². The molecule has 2 aromatic carbocycles. The van der Waals surface area contributed by atoms with Gasteiger partial charge in [-0.25, -0.2) is 14.2 Å². The summed E-state index contributed by atoms with van der Waals surface area (Å²) in [5.74, 6) is -0.786. The predicted octanol–water partition coefficient (Wildman–Crippen LogP) is 4.92. The van der Waals surface area contributed by atoms with Crippen LogP contribution >= 0.6 is 0 Å². The lowest BCUT2D eigenvalue weighted by atomic mass is 10.0. The number of anilines is 3. The van der Waals surface area contributed by atoms with E-state index in [0.717, 1.165) is 50.7 Å². The number of halogens is 1. The van der Waals surface area contributed by atoms with Gasteiger partial charge in [-0.05, 0) is 70.0 Å². The zero-order valence-corrected chi connectivity index (χ0v) is 26.2. The van der Waals surface area contributed by atoms with Crippen molar-refractivity contribution in [3.05, 3.63) is 72.2 Å². The Labute approximate surface area is 268 Å². The van der Waals surface area contributed by atoms with Gasteiger partial charge in [0.05, 0.1) is 5.69 Å². The Bertz CT molecular complexity index is 1580. The van der Waals surface area contributed by atoms with Gasteiger partial charge in [-0.15, -0.1) is 0 Å². The Morgan fingerprint density at radius 2 is 1.52 bits per heavy atom. The lowest BCUT2D eigenvalue weighted by Gasteiger charge is -2.42. The first kappa shape index (κ1) is 31.4. The summed E-state index contributed by atoms with van der Waals surface area (Å²) in [6.45, 7) is 7.60. The largest absolute Gasteiger partial charge is 0.457 e. The van der Waals surface area contributed by atoms with Crippen molar-refractivity contribution in [1.29, 1.82) is 0 Å². The summed E-state index contributed by atoms with van der Waals surface area (Å²) in [4.78, 5) is 49.8. The summed E-state index contributed by atoms with van der Waals surface area (Å²) in [7, 11) is 2.15. The van der Waals surface area contributed by atoms with Crippen molar-refractivity contribution in [2.45, 2.75) is 38.6 Å². The smallest absolute Gasteiger partial charge is 0.323 e. The molecule has 0 atom stereocenters. The van der Waals surface area contributed by atoms with E-state index in [1.54, 1.807) is 24.3 Å². The molecule has 46 heavy (non-hydrogen) atoms. The number of aryl methyl sites for hydroxylation is 1. The fourth-order valence-corrected chi connectivity index (χ4v) is 5.96. The fraction of sp³-hybridized carbons (Fsp3) is 0.412. The zero-order valence-electron chi connectivity index (χ0n) is 26.2. The number of urea groups is 1. The van der Waals surface area contributed by atoms with Crippen molar-refractivity contribution < 1.29 is 23.5 Å². The molecule has 3 aliphatic rings. The number of piperazine rings is 1. The quantitative estimate of drug-likeness (QED) is 0.303. The number of carbonyl (C=O) groups is 3. The Balaban J connectivity index is 1.00. The molecule has 242 valence electrons. The second kappa shape index (κ2) is 13.4. The molecule has 12 heteroatoms. The minimum Gasteiger partial charge on any atom is -0.457 e. The molecule has 6 rings (SSSR count). The van der Waals surface area contributed by atoms with Crippen molar-refractivity contribution in [2.24, 2.45) is 5.41 Å². The maximum atomic E-state index is 15.1. The van der Waals surface area contributed by atoms with E-state index in [4.69, 9.17) is 4.74 Å². The Morgan fingerprint density at radius 1 is 0.848 bits per heavy atom. The topological polar surface area (TPSA) is 119 Å². The summed E-state index contributed by atoms with van der Waals surface area (Å²) in [6.07, 6.45) is 4.16.